The van der Waals surface area contributed by atoms with Crippen molar-refractivity contribution in [3.8, 4) is 11.1 Å². The van der Waals surface area contributed by atoms with E-state index in [2.05, 4.69) is 15.6 Å². The van der Waals surface area contributed by atoms with Crippen LogP contribution in [0.15, 0.2) is 54.7 Å². The maximum atomic E-state index is 12.9. The van der Waals surface area contributed by atoms with Gasteiger partial charge < -0.3 is 16.4 Å². The van der Waals surface area contributed by atoms with Crippen LogP contribution in [0.1, 0.15) is 11.1 Å². The molecule has 156 valence electrons. The highest BCUT2D eigenvalue weighted by molar-refractivity contribution is 6.31. The van der Waals surface area contributed by atoms with Crippen molar-refractivity contribution in [1.82, 2.24) is 10.3 Å². The summed E-state index contributed by atoms with van der Waals surface area (Å²) in [6.45, 7) is 0.162. The molecule has 2 aromatic carbocycles. The summed E-state index contributed by atoms with van der Waals surface area (Å²) >= 11 is 11.5. The van der Waals surface area contributed by atoms with Crippen molar-refractivity contribution in [1.29, 1.82) is 0 Å². The normalized spacial score (nSPS) is 11.2. The third-order valence-corrected chi connectivity index (χ3v) is 4.67. The number of urea groups is 1. The molecular weight excluding hydrogens is 440 g/mol. The largest absolute Gasteiger partial charge is 0.417 e. The Bertz CT molecular complexity index is 1070. The summed E-state index contributed by atoms with van der Waals surface area (Å²) in [5.41, 5.74) is 7.08. The van der Waals surface area contributed by atoms with E-state index in [1.807, 2.05) is 0 Å². The molecule has 0 fully saturated rings. The first kappa shape index (κ1) is 21.7. The Balaban J connectivity index is 1.62. The minimum Gasteiger partial charge on any atom is -0.383 e. The van der Waals surface area contributed by atoms with E-state index in [1.54, 1.807) is 30.3 Å². The lowest BCUT2D eigenvalue weighted by molar-refractivity contribution is -0.137. The van der Waals surface area contributed by atoms with Crippen molar-refractivity contribution in [2.24, 2.45) is 0 Å². The Morgan fingerprint density at radius 3 is 2.43 bits per heavy atom. The molecule has 2 amide bonds. The van der Waals surface area contributed by atoms with Crippen molar-refractivity contribution in [3.63, 3.8) is 0 Å². The third-order valence-electron chi connectivity index (χ3n) is 4.13. The minimum atomic E-state index is -4.62. The zero-order valence-electron chi connectivity index (χ0n) is 15.2. The Hall–Kier alpha value is -2.97. The Morgan fingerprint density at radius 1 is 1.07 bits per heavy atom. The molecule has 4 N–H and O–H groups in total. The van der Waals surface area contributed by atoms with E-state index in [0.29, 0.717) is 16.4 Å². The number of anilines is 2. The van der Waals surface area contributed by atoms with Gasteiger partial charge in [-0.2, -0.15) is 13.2 Å². The Kier molecular flexibility index (Phi) is 6.38. The molecule has 3 aromatic rings. The number of nitrogens with zero attached hydrogens (tertiary/aromatic N) is 1. The van der Waals surface area contributed by atoms with E-state index in [4.69, 9.17) is 28.9 Å². The second kappa shape index (κ2) is 8.81. The van der Waals surface area contributed by atoms with Crippen molar-refractivity contribution in [2.45, 2.75) is 12.7 Å². The maximum Gasteiger partial charge on any atom is 0.417 e. The lowest BCUT2D eigenvalue weighted by Gasteiger charge is -2.12. The number of carbonyl (C=O) groups is 1. The highest BCUT2D eigenvalue weighted by atomic mass is 35.5. The first-order chi connectivity index (χ1) is 14.1. The van der Waals surface area contributed by atoms with E-state index >= 15 is 0 Å². The standard InChI is InChI=1S/C20H15Cl2F3N4O/c21-13-7-15(18(26)27-10-13)12-3-1-11(2-4-12)9-28-19(30)29-14-5-6-17(22)16(8-14)20(23,24)25/h1-8,10H,9H2,(H2,26,27)(H2,28,29,30). The summed E-state index contributed by atoms with van der Waals surface area (Å²) in [6, 6.07) is 11.3. The molecule has 3 rings (SSSR count). The molecule has 0 aliphatic carbocycles. The number of halogens is 5. The van der Waals surface area contributed by atoms with Gasteiger partial charge in [0.2, 0.25) is 0 Å². The van der Waals surface area contributed by atoms with E-state index in [-0.39, 0.29) is 12.2 Å². The highest BCUT2D eigenvalue weighted by Crippen LogP contribution is 2.36. The van der Waals surface area contributed by atoms with Crippen LogP contribution in [0.3, 0.4) is 0 Å². The van der Waals surface area contributed by atoms with Gasteiger partial charge in [-0.1, -0.05) is 47.5 Å². The van der Waals surface area contributed by atoms with Gasteiger partial charge in [-0.3, -0.25) is 0 Å². The summed E-state index contributed by atoms with van der Waals surface area (Å²) in [5.74, 6) is 0.339. The van der Waals surface area contributed by atoms with Gasteiger partial charge in [0.1, 0.15) is 5.82 Å². The zero-order valence-corrected chi connectivity index (χ0v) is 16.7. The fourth-order valence-corrected chi connectivity index (χ4v) is 3.04. The zero-order chi connectivity index (χ0) is 21.9. The number of aromatic nitrogens is 1. The molecule has 0 radical (unpaired) electrons. The molecule has 0 atom stereocenters. The number of nitrogens with two attached hydrogens (primary N) is 1. The first-order valence-corrected chi connectivity index (χ1v) is 9.31. The molecule has 0 saturated heterocycles. The third kappa shape index (κ3) is 5.34. The summed E-state index contributed by atoms with van der Waals surface area (Å²) < 4.78 is 38.7. The van der Waals surface area contributed by atoms with Gasteiger partial charge in [0.25, 0.3) is 0 Å². The quantitative estimate of drug-likeness (QED) is 0.453. The number of nitrogen functional groups attached to an aromatic ring is 1. The predicted octanol–water partition coefficient (Wildman–Crippen LogP) is 5.98. The molecular formula is C20H15Cl2F3N4O. The summed E-state index contributed by atoms with van der Waals surface area (Å²) in [5, 5.41) is 4.95. The number of pyridine rings is 1. The molecule has 1 aromatic heterocycles. The molecule has 0 aliphatic heterocycles. The number of carbonyl (C=O) groups excluding carboxylic acids is 1. The molecule has 0 bridgehead atoms. The van der Waals surface area contributed by atoms with Gasteiger partial charge in [-0.05, 0) is 35.4 Å². The number of benzene rings is 2. The predicted molar refractivity (Wildman–Crippen MR) is 111 cm³/mol. The van der Waals surface area contributed by atoms with E-state index in [9.17, 15) is 18.0 Å². The summed E-state index contributed by atoms with van der Waals surface area (Å²) in [4.78, 5) is 16.0. The fourth-order valence-electron chi connectivity index (χ4n) is 2.66. The minimum absolute atomic E-state index is 0.0245. The number of hydrogen-bond acceptors (Lipinski definition) is 3. The van der Waals surface area contributed by atoms with Crippen LogP contribution in [0.2, 0.25) is 10.0 Å². The lowest BCUT2D eigenvalue weighted by atomic mass is 10.0. The van der Waals surface area contributed by atoms with Gasteiger partial charge in [0.15, 0.2) is 0 Å². The van der Waals surface area contributed by atoms with Gasteiger partial charge in [0, 0.05) is 24.0 Å². The van der Waals surface area contributed by atoms with Gasteiger partial charge in [-0.25, -0.2) is 9.78 Å². The van der Waals surface area contributed by atoms with Gasteiger partial charge in [0.05, 0.1) is 15.6 Å². The molecule has 0 spiro atoms. The number of alkyl halides is 3. The van der Waals surface area contributed by atoms with E-state index in [0.717, 1.165) is 23.3 Å². The Labute approximate surface area is 180 Å². The van der Waals surface area contributed by atoms with Crippen molar-refractivity contribution < 1.29 is 18.0 Å². The van der Waals surface area contributed by atoms with Crippen molar-refractivity contribution >= 4 is 40.7 Å². The van der Waals surface area contributed by atoms with Crippen LogP contribution in [0, 0.1) is 0 Å². The van der Waals surface area contributed by atoms with E-state index < -0.39 is 22.8 Å². The average molecular weight is 455 g/mol. The second-order valence-corrected chi connectivity index (χ2v) is 7.13. The van der Waals surface area contributed by atoms with Gasteiger partial charge >= 0.3 is 12.2 Å². The van der Waals surface area contributed by atoms with E-state index in [1.165, 1.54) is 12.3 Å². The maximum absolute atomic E-state index is 12.9. The van der Waals surface area contributed by atoms with Crippen LogP contribution in [0.25, 0.3) is 11.1 Å². The fraction of sp³-hybridized carbons (Fsp3) is 0.100. The molecule has 30 heavy (non-hydrogen) atoms. The molecule has 0 unspecified atom stereocenters. The number of rotatable bonds is 4. The van der Waals surface area contributed by atoms with Crippen LogP contribution >= 0.6 is 23.2 Å². The molecule has 0 aliphatic rings. The van der Waals surface area contributed by atoms with Crippen molar-refractivity contribution in [2.75, 3.05) is 11.1 Å². The molecule has 5 nitrogen and oxygen atoms in total. The molecule has 0 saturated carbocycles. The van der Waals surface area contributed by atoms with Crippen LogP contribution < -0.4 is 16.4 Å². The SMILES string of the molecule is Nc1ncc(Cl)cc1-c1ccc(CNC(=O)Nc2ccc(Cl)c(C(F)(F)F)c2)cc1. The number of hydrogen-bond donors (Lipinski definition) is 3. The summed E-state index contributed by atoms with van der Waals surface area (Å²) in [7, 11) is 0. The second-order valence-electron chi connectivity index (χ2n) is 6.28. The average Bonchev–Trinajstić information content (AvgIpc) is 2.69. The smallest absolute Gasteiger partial charge is 0.383 e. The lowest BCUT2D eigenvalue weighted by Crippen LogP contribution is -2.28. The van der Waals surface area contributed by atoms with Crippen LogP contribution in [0.4, 0.5) is 29.5 Å². The Morgan fingerprint density at radius 2 is 1.77 bits per heavy atom. The molecule has 10 heteroatoms. The monoisotopic (exact) mass is 454 g/mol. The number of nitrogens with one attached hydrogen (secondary N) is 2. The topological polar surface area (TPSA) is 80.0 Å². The van der Waals surface area contributed by atoms with Crippen LogP contribution in [-0.4, -0.2) is 11.0 Å². The number of amides is 2. The van der Waals surface area contributed by atoms with Gasteiger partial charge in [-0.15, -0.1) is 0 Å². The molecule has 1 heterocycles. The van der Waals surface area contributed by atoms with Crippen LogP contribution in [0.5, 0.6) is 0 Å². The first-order valence-electron chi connectivity index (χ1n) is 8.55. The highest BCUT2D eigenvalue weighted by Gasteiger charge is 2.33. The van der Waals surface area contributed by atoms with Crippen molar-refractivity contribution in [3.05, 3.63) is 75.9 Å². The van der Waals surface area contributed by atoms with Crippen LogP contribution in [-0.2, 0) is 12.7 Å². The summed E-state index contributed by atoms with van der Waals surface area (Å²) in [6.07, 6.45) is -3.16.